The molecule has 302 valence electrons. The van der Waals surface area contributed by atoms with E-state index in [0.29, 0.717) is 19.4 Å². The second-order valence-electron chi connectivity index (χ2n) is 14.7. The van der Waals surface area contributed by atoms with Crippen LogP contribution in [0.4, 0.5) is 0 Å². The first kappa shape index (κ1) is 42.0. The lowest BCUT2D eigenvalue weighted by Crippen LogP contribution is -2.64. The maximum atomic E-state index is 13.0. The Bertz CT molecular complexity index is 1170. The van der Waals surface area contributed by atoms with Crippen LogP contribution in [-0.4, -0.2) is 195 Å². The molecule has 3 saturated heterocycles. The van der Waals surface area contributed by atoms with Crippen molar-refractivity contribution >= 4 is 5.78 Å². The highest BCUT2D eigenvalue weighted by Crippen LogP contribution is 2.41. The highest BCUT2D eigenvalue weighted by molar-refractivity contribution is 5.91. The monoisotopic (exact) mass is 754 g/mol. The number of aliphatic hydroxyl groups is 8. The highest BCUT2D eigenvalue weighted by Gasteiger charge is 2.59. The summed E-state index contributed by atoms with van der Waals surface area (Å²) in [5.41, 5.74) is 28.8. The van der Waals surface area contributed by atoms with Crippen molar-refractivity contribution in [1.29, 1.82) is 0 Å². The summed E-state index contributed by atoms with van der Waals surface area (Å²) < 4.78 is 36.0. The van der Waals surface area contributed by atoms with Crippen molar-refractivity contribution in [3.8, 4) is 0 Å². The average Bonchev–Trinajstić information content (AvgIpc) is 3.64. The fourth-order valence-electron chi connectivity index (χ4n) is 7.38. The van der Waals surface area contributed by atoms with Gasteiger partial charge >= 0.3 is 0 Å². The molecule has 20 atom stereocenters. The van der Waals surface area contributed by atoms with Crippen LogP contribution in [0.1, 0.15) is 32.1 Å². The summed E-state index contributed by atoms with van der Waals surface area (Å²) >= 11 is 0. The molecular weight excluding hydrogens is 696 g/mol. The van der Waals surface area contributed by atoms with E-state index in [2.05, 4.69) is 5.32 Å². The van der Waals surface area contributed by atoms with Gasteiger partial charge in [-0.2, -0.15) is 0 Å². The Morgan fingerprint density at radius 3 is 2.12 bits per heavy atom. The van der Waals surface area contributed by atoms with Crippen LogP contribution >= 0.6 is 0 Å². The Balaban J connectivity index is 1.32. The summed E-state index contributed by atoms with van der Waals surface area (Å²) in [4.78, 5) is 13.0. The zero-order chi connectivity index (χ0) is 38.1. The largest absolute Gasteiger partial charge is 0.394 e. The molecule has 0 aromatic carbocycles. The molecule has 21 nitrogen and oxygen atoms in total. The molecule has 0 bridgehead atoms. The summed E-state index contributed by atoms with van der Waals surface area (Å²) in [5, 5.41) is 86.3. The van der Waals surface area contributed by atoms with E-state index in [0.717, 1.165) is 0 Å². The smallest absolute Gasteiger partial charge is 0.187 e. The molecule has 19 N–H and O–H groups in total. The second-order valence-corrected chi connectivity index (χ2v) is 14.7. The van der Waals surface area contributed by atoms with Gasteiger partial charge in [-0.25, -0.2) is 0 Å². The molecule has 0 amide bonds. The van der Waals surface area contributed by atoms with Crippen LogP contribution in [0.3, 0.4) is 0 Å². The normalized spacial score (nSPS) is 48.8. The summed E-state index contributed by atoms with van der Waals surface area (Å²) in [6.45, 7) is -0.835. The van der Waals surface area contributed by atoms with Crippen molar-refractivity contribution in [1.82, 2.24) is 5.32 Å². The second kappa shape index (κ2) is 17.8. The number of aliphatic hydroxyl groups excluding tert-OH is 7. The van der Waals surface area contributed by atoms with Crippen LogP contribution in [0.5, 0.6) is 0 Å². The number of carbonyl (C=O) groups is 1. The molecular formula is C31H58N6O15. The highest BCUT2D eigenvalue weighted by atomic mass is 16.8. The molecule has 0 spiro atoms. The van der Waals surface area contributed by atoms with E-state index in [1.54, 1.807) is 0 Å². The summed E-state index contributed by atoms with van der Waals surface area (Å²) in [7, 11) is 0. The van der Waals surface area contributed by atoms with Crippen molar-refractivity contribution in [2.75, 3.05) is 32.8 Å². The SMILES string of the molecule is NC[C@@H]1O[C@H](O[C@H]2[C@@H](O)[C@H](O[C@@H]3[C@@H](O)[C@H](CC(=O)C4(O)CC4N)C[C@H](N)[C@H]3O[C@H]3O[C@H](CNCC(O)CO)CC[C@H]3N)O[C@@H]2CO)[C@H](N)[C@@H](O)[C@@H]1O. The maximum Gasteiger partial charge on any atom is 0.187 e. The predicted molar refractivity (Wildman–Crippen MR) is 175 cm³/mol. The minimum absolute atomic E-state index is 0.0568. The number of hydrogen-bond acceptors (Lipinski definition) is 21. The van der Waals surface area contributed by atoms with Crippen LogP contribution in [-0.2, 0) is 33.2 Å². The molecule has 5 aliphatic rings. The minimum atomic E-state index is -1.70. The zero-order valence-electron chi connectivity index (χ0n) is 28.9. The lowest BCUT2D eigenvalue weighted by atomic mass is 9.76. The topological polar surface area (TPSA) is 376 Å². The van der Waals surface area contributed by atoms with E-state index in [4.69, 9.17) is 62.2 Å². The lowest BCUT2D eigenvalue weighted by Gasteiger charge is -2.46. The first-order valence-electron chi connectivity index (χ1n) is 17.9. The molecule has 3 aliphatic heterocycles. The van der Waals surface area contributed by atoms with Crippen molar-refractivity contribution in [2.45, 2.75) is 148 Å². The first-order chi connectivity index (χ1) is 24.6. The van der Waals surface area contributed by atoms with E-state index < -0.39 is 141 Å². The third-order valence-electron chi connectivity index (χ3n) is 10.8. The molecule has 0 aromatic heterocycles. The van der Waals surface area contributed by atoms with E-state index in [-0.39, 0.29) is 32.4 Å². The van der Waals surface area contributed by atoms with Gasteiger partial charge < -0.3 is 103 Å². The number of nitrogens with two attached hydrogens (primary N) is 5. The van der Waals surface area contributed by atoms with Crippen molar-refractivity contribution in [3.05, 3.63) is 0 Å². The van der Waals surface area contributed by atoms with Crippen LogP contribution in [0.15, 0.2) is 0 Å². The third-order valence-corrected chi connectivity index (χ3v) is 10.8. The zero-order valence-corrected chi connectivity index (χ0v) is 28.9. The molecule has 5 fully saturated rings. The summed E-state index contributed by atoms with van der Waals surface area (Å²) in [5.74, 6) is -1.40. The van der Waals surface area contributed by atoms with E-state index in [1.807, 2.05) is 0 Å². The molecule has 2 aliphatic carbocycles. The van der Waals surface area contributed by atoms with Gasteiger partial charge in [-0.05, 0) is 25.2 Å². The first-order valence-corrected chi connectivity index (χ1v) is 17.9. The minimum Gasteiger partial charge on any atom is -0.394 e. The molecule has 0 aromatic rings. The number of carbonyl (C=O) groups excluding carboxylic acids is 1. The van der Waals surface area contributed by atoms with Gasteiger partial charge in [0.05, 0.1) is 43.6 Å². The van der Waals surface area contributed by atoms with Crippen LogP contribution in [0.25, 0.3) is 0 Å². The Labute approximate surface area is 300 Å². The molecule has 3 unspecified atom stereocenters. The Kier molecular flexibility index (Phi) is 14.4. The van der Waals surface area contributed by atoms with Gasteiger partial charge in [-0.1, -0.05) is 0 Å². The number of Topliss-reactive ketones (excluding diaryl/α,β-unsaturated/α-hetero) is 1. The van der Waals surface area contributed by atoms with E-state index in [9.17, 15) is 40.5 Å². The number of nitrogens with one attached hydrogen (secondary N) is 1. The van der Waals surface area contributed by atoms with Crippen molar-refractivity contribution in [3.63, 3.8) is 0 Å². The van der Waals surface area contributed by atoms with Crippen LogP contribution < -0.4 is 34.0 Å². The van der Waals surface area contributed by atoms with Gasteiger partial charge in [0.25, 0.3) is 0 Å². The van der Waals surface area contributed by atoms with Gasteiger partial charge in [0, 0.05) is 44.6 Å². The molecule has 0 radical (unpaired) electrons. The predicted octanol–water partition coefficient (Wildman–Crippen LogP) is -8.14. The van der Waals surface area contributed by atoms with Crippen molar-refractivity contribution < 1.29 is 74.1 Å². The van der Waals surface area contributed by atoms with Gasteiger partial charge in [0.2, 0.25) is 0 Å². The number of rotatable bonds is 16. The van der Waals surface area contributed by atoms with E-state index in [1.165, 1.54) is 0 Å². The standard InChI is InChI=1S/C31H58N6O15/c32-6-16-22(43)23(44)20(36)29(48-16)51-26-17(10-39)49-30(24(26)45)52-27-21(42)11(4-19(41)31(46)5-18(31)35)3-15(34)25(27)50-28-14(33)2-1-13(47-28)8-37-7-12(40)9-38/h11-18,20-30,37-40,42-46H,1-10,32-36H2/t11-,12?,13-,14+,15-,16-,17+,18?,20+,21-,22+,23+,24+,25+,26+,27+,28+,29+,30-,31?/m0/s1. The Morgan fingerprint density at radius 1 is 0.827 bits per heavy atom. The van der Waals surface area contributed by atoms with Gasteiger partial charge in [-0.15, -0.1) is 0 Å². The fourth-order valence-corrected chi connectivity index (χ4v) is 7.38. The van der Waals surface area contributed by atoms with Crippen LogP contribution in [0.2, 0.25) is 0 Å². The summed E-state index contributed by atoms with van der Waals surface area (Å²) in [6, 6.07) is -3.51. The molecule has 3 heterocycles. The fraction of sp³-hybridized carbons (Fsp3) is 0.968. The molecule has 5 rings (SSSR count). The quantitative estimate of drug-likeness (QED) is 0.0695. The lowest BCUT2D eigenvalue weighted by molar-refractivity contribution is -0.292. The number of ether oxygens (including phenoxy) is 6. The summed E-state index contributed by atoms with van der Waals surface area (Å²) in [6.07, 6.45) is -16.6. The van der Waals surface area contributed by atoms with Crippen molar-refractivity contribution in [2.24, 2.45) is 34.6 Å². The molecule has 2 saturated carbocycles. The average molecular weight is 755 g/mol. The molecule has 52 heavy (non-hydrogen) atoms. The Hall–Kier alpha value is -1.13. The number of hydrogen-bond donors (Lipinski definition) is 14. The van der Waals surface area contributed by atoms with Gasteiger partial charge in [0.1, 0.15) is 54.4 Å². The van der Waals surface area contributed by atoms with E-state index >= 15 is 0 Å². The Morgan fingerprint density at radius 2 is 1.48 bits per heavy atom. The maximum absolute atomic E-state index is 13.0. The van der Waals surface area contributed by atoms with Crippen LogP contribution in [0, 0.1) is 5.92 Å². The molecule has 21 heteroatoms. The number of ketones is 1. The third kappa shape index (κ3) is 9.11. The van der Waals surface area contributed by atoms with Gasteiger partial charge in [0.15, 0.2) is 24.7 Å². The van der Waals surface area contributed by atoms with Gasteiger partial charge in [-0.3, -0.25) is 4.79 Å².